The van der Waals surface area contributed by atoms with Gasteiger partial charge in [-0.3, -0.25) is 0 Å². The van der Waals surface area contributed by atoms with Crippen molar-refractivity contribution in [3.63, 3.8) is 0 Å². The number of aryl methyl sites for hydroxylation is 1. The number of sulfonamides is 1. The SMILES string of the molecule is CCNCc1cc(S(=O)(=O)NCC(C)CC)cc(C)c1F. The van der Waals surface area contributed by atoms with Crippen molar-refractivity contribution in [2.45, 2.75) is 45.6 Å². The lowest BCUT2D eigenvalue weighted by Gasteiger charge is -2.13. The Kier molecular flexibility index (Phi) is 6.77. The Labute approximate surface area is 127 Å². The predicted octanol–water partition coefficient (Wildman–Crippen LogP) is 2.57. The topological polar surface area (TPSA) is 58.2 Å². The summed E-state index contributed by atoms with van der Waals surface area (Å²) in [6, 6.07) is 2.79. The van der Waals surface area contributed by atoms with Crippen molar-refractivity contribution in [1.29, 1.82) is 0 Å². The van der Waals surface area contributed by atoms with Crippen LogP contribution in [0.1, 0.15) is 38.3 Å². The van der Waals surface area contributed by atoms with Crippen LogP contribution in [0, 0.1) is 18.7 Å². The summed E-state index contributed by atoms with van der Waals surface area (Å²) in [5.74, 6) is -0.0839. The third-order valence-electron chi connectivity index (χ3n) is 3.50. The molecule has 0 amide bonds. The molecule has 0 aliphatic carbocycles. The summed E-state index contributed by atoms with van der Waals surface area (Å²) in [5.41, 5.74) is 0.718. The van der Waals surface area contributed by atoms with Gasteiger partial charge >= 0.3 is 0 Å². The van der Waals surface area contributed by atoms with E-state index in [1.807, 2.05) is 20.8 Å². The first-order valence-electron chi connectivity index (χ1n) is 7.31. The second-order valence-electron chi connectivity index (χ2n) is 5.36. The van der Waals surface area contributed by atoms with Gasteiger partial charge < -0.3 is 5.32 Å². The van der Waals surface area contributed by atoms with Gasteiger partial charge in [0.25, 0.3) is 0 Å². The lowest BCUT2D eigenvalue weighted by atomic mass is 10.1. The number of hydrogen-bond donors (Lipinski definition) is 2. The van der Waals surface area contributed by atoms with Crippen molar-refractivity contribution in [1.82, 2.24) is 10.0 Å². The molecule has 0 spiro atoms. The highest BCUT2D eigenvalue weighted by molar-refractivity contribution is 7.89. The molecule has 2 N–H and O–H groups in total. The maximum absolute atomic E-state index is 14.0. The van der Waals surface area contributed by atoms with Gasteiger partial charge in [-0.15, -0.1) is 0 Å². The zero-order chi connectivity index (χ0) is 16.0. The van der Waals surface area contributed by atoms with E-state index in [0.29, 0.717) is 30.8 Å². The molecule has 0 saturated heterocycles. The second kappa shape index (κ2) is 7.87. The maximum atomic E-state index is 14.0. The molecule has 0 bridgehead atoms. The van der Waals surface area contributed by atoms with E-state index in [-0.39, 0.29) is 16.6 Å². The van der Waals surface area contributed by atoms with Gasteiger partial charge in [0.15, 0.2) is 0 Å². The number of nitrogens with one attached hydrogen (secondary N) is 2. The average molecular weight is 316 g/mol. The van der Waals surface area contributed by atoms with E-state index in [4.69, 9.17) is 0 Å². The van der Waals surface area contributed by atoms with Crippen molar-refractivity contribution in [3.05, 3.63) is 29.1 Å². The van der Waals surface area contributed by atoms with E-state index in [1.165, 1.54) is 12.1 Å². The minimum atomic E-state index is -3.60. The van der Waals surface area contributed by atoms with Gasteiger partial charge in [0.1, 0.15) is 5.82 Å². The minimum absolute atomic E-state index is 0.123. The van der Waals surface area contributed by atoms with Crippen molar-refractivity contribution in [3.8, 4) is 0 Å². The first kappa shape index (κ1) is 18.1. The molecule has 0 aliphatic heterocycles. The van der Waals surface area contributed by atoms with Crippen LogP contribution < -0.4 is 10.0 Å². The minimum Gasteiger partial charge on any atom is -0.313 e. The molecule has 1 aromatic carbocycles. The van der Waals surface area contributed by atoms with E-state index < -0.39 is 10.0 Å². The van der Waals surface area contributed by atoms with Crippen LogP contribution in [0.2, 0.25) is 0 Å². The summed E-state index contributed by atoms with van der Waals surface area (Å²) in [6.45, 7) is 8.89. The number of rotatable bonds is 8. The molecule has 0 heterocycles. The highest BCUT2D eigenvalue weighted by atomic mass is 32.2. The second-order valence-corrected chi connectivity index (χ2v) is 7.13. The molecule has 1 unspecified atom stereocenters. The highest BCUT2D eigenvalue weighted by Crippen LogP contribution is 2.19. The third kappa shape index (κ3) is 5.05. The van der Waals surface area contributed by atoms with Crippen LogP contribution in [0.3, 0.4) is 0 Å². The van der Waals surface area contributed by atoms with E-state index >= 15 is 0 Å². The quantitative estimate of drug-likeness (QED) is 0.775. The van der Waals surface area contributed by atoms with Gasteiger partial charge in [0.2, 0.25) is 10.0 Å². The standard InChI is InChI=1S/C15H25FN2O2S/c1-5-11(3)9-18-21(19,20)14-7-12(4)15(16)13(8-14)10-17-6-2/h7-8,11,17-18H,5-6,9-10H2,1-4H3. The molecule has 0 saturated carbocycles. The van der Waals surface area contributed by atoms with Crippen molar-refractivity contribution in [2.24, 2.45) is 5.92 Å². The van der Waals surface area contributed by atoms with E-state index in [1.54, 1.807) is 6.92 Å². The van der Waals surface area contributed by atoms with Crippen LogP contribution >= 0.6 is 0 Å². The molecule has 6 heteroatoms. The fourth-order valence-corrected chi connectivity index (χ4v) is 3.13. The molecule has 0 fully saturated rings. The molecule has 1 aromatic rings. The Hall–Kier alpha value is -0.980. The van der Waals surface area contributed by atoms with Gasteiger partial charge in [-0.2, -0.15) is 0 Å². The first-order chi connectivity index (χ1) is 9.81. The molecular weight excluding hydrogens is 291 g/mol. The Morgan fingerprint density at radius 2 is 1.95 bits per heavy atom. The number of benzene rings is 1. The Morgan fingerprint density at radius 1 is 1.29 bits per heavy atom. The van der Waals surface area contributed by atoms with Crippen molar-refractivity contribution in [2.75, 3.05) is 13.1 Å². The van der Waals surface area contributed by atoms with E-state index in [9.17, 15) is 12.8 Å². The van der Waals surface area contributed by atoms with Gasteiger partial charge in [-0.05, 0) is 37.1 Å². The average Bonchev–Trinajstić information content (AvgIpc) is 2.46. The fraction of sp³-hybridized carbons (Fsp3) is 0.600. The van der Waals surface area contributed by atoms with Crippen molar-refractivity contribution >= 4 is 10.0 Å². The molecule has 0 radical (unpaired) electrons. The summed E-state index contributed by atoms with van der Waals surface area (Å²) >= 11 is 0. The van der Waals surface area contributed by atoms with Crippen LogP contribution in [0.4, 0.5) is 4.39 Å². The van der Waals surface area contributed by atoms with Crippen LogP contribution in [0.15, 0.2) is 17.0 Å². The lowest BCUT2D eigenvalue weighted by Crippen LogP contribution is -2.28. The van der Waals surface area contributed by atoms with Gasteiger partial charge in [-0.25, -0.2) is 17.5 Å². The number of halogens is 1. The summed E-state index contributed by atoms with van der Waals surface area (Å²) in [5, 5.41) is 3.02. The fourth-order valence-electron chi connectivity index (χ4n) is 1.83. The maximum Gasteiger partial charge on any atom is 0.240 e. The molecule has 1 rings (SSSR count). The third-order valence-corrected chi connectivity index (χ3v) is 4.90. The van der Waals surface area contributed by atoms with Gasteiger partial charge in [0.05, 0.1) is 4.90 Å². The van der Waals surface area contributed by atoms with Crippen LogP contribution in [0.5, 0.6) is 0 Å². The normalized spacial score (nSPS) is 13.4. The van der Waals surface area contributed by atoms with Crippen LogP contribution in [-0.2, 0) is 16.6 Å². The lowest BCUT2D eigenvalue weighted by molar-refractivity contribution is 0.527. The zero-order valence-corrected chi connectivity index (χ0v) is 14.0. The Balaban J connectivity index is 3.03. The molecule has 0 aromatic heterocycles. The van der Waals surface area contributed by atoms with Crippen LogP contribution in [-0.4, -0.2) is 21.5 Å². The monoisotopic (exact) mass is 316 g/mol. The van der Waals surface area contributed by atoms with E-state index in [0.717, 1.165) is 6.42 Å². The summed E-state index contributed by atoms with van der Waals surface area (Å²) in [4.78, 5) is 0.123. The Morgan fingerprint density at radius 3 is 2.52 bits per heavy atom. The van der Waals surface area contributed by atoms with Crippen molar-refractivity contribution < 1.29 is 12.8 Å². The van der Waals surface area contributed by atoms with E-state index in [2.05, 4.69) is 10.0 Å². The Bertz CT molecular complexity index is 573. The van der Waals surface area contributed by atoms with Gasteiger partial charge in [0, 0.05) is 18.7 Å². The zero-order valence-electron chi connectivity index (χ0n) is 13.2. The molecular formula is C15H25FN2O2S. The molecule has 120 valence electrons. The predicted molar refractivity (Wildman–Crippen MR) is 83.2 cm³/mol. The van der Waals surface area contributed by atoms with Crippen LogP contribution in [0.25, 0.3) is 0 Å². The number of hydrogen-bond acceptors (Lipinski definition) is 3. The molecule has 4 nitrogen and oxygen atoms in total. The van der Waals surface area contributed by atoms with Gasteiger partial charge in [-0.1, -0.05) is 27.2 Å². The largest absolute Gasteiger partial charge is 0.313 e. The smallest absolute Gasteiger partial charge is 0.240 e. The summed E-state index contributed by atoms with van der Waals surface area (Å²) in [7, 11) is -3.60. The summed E-state index contributed by atoms with van der Waals surface area (Å²) < 4.78 is 41.2. The first-order valence-corrected chi connectivity index (χ1v) is 8.79. The summed E-state index contributed by atoms with van der Waals surface area (Å²) in [6.07, 6.45) is 0.899. The molecule has 1 atom stereocenters. The molecule has 21 heavy (non-hydrogen) atoms. The highest BCUT2D eigenvalue weighted by Gasteiger charge is 2.18. The molecule has 0 aliphatic rings.